The van der Waals surface area contributed by atoms with Crippen molar-refractivity contribution in [2.75, 3.05) is 11.1 Å². The van der Waals surface area contributed by atoms with E-state index in [9.17, 15) is 23.1 Å². The molecule has 4 aromatic rings. The van der Waals surface area contributed by atoms with Gasteiger partial charge in [0, 0.05) is 11.3 Å². The number of carbonyl (C=O) groups is 1. The van der Waals surface area contributed by atoms with Gasteiger partial charge in [-0.2, -0.15) is 13.2 Å². The summed E-state index contributed by atoms with van der Waals surface area (Å²) < 4.78 is 40.7. The van der Waals surface area contributed by atoms with Crippen LogP contribution in [0.2, 0.25) is 0 Å². The summed E-state index contributed by atoms with van der Waals surface area (Å²) in [6, 6.07) is 16.4. The first-order valence-electron chi connectivity index (χ1n) is 9.14. The van der Waals surface area contributed by atoms with Crippen LogP contribution in [0.4, 0.5) is 24.0 Å². The van der Waals surface area contributed by atoms with Crippen LogP contribution in [0.1, 0.15) is 17.2 Å². The van der Waals surface area contributed by atoms with Crippen LogP contribution in [0.15, 0.2) is 66.7 Å². The largest absolute Gasteiger partial charge is 0.416 e. The Hall–Kier alpha value is -3.43. The number of alkyl halides is 3. The van der Waals surface area contributed by atoms with Crippen LogP contribution in [0.3, 0.4) is 0 Å². The molecule has 0 fully saturated rings. The predicted octanol–water partition coefficient (Wildman–Crippen LogP) is 5.24. The van der Waals surface area contributed by atoms with Crippen LogP contribution >= 0.6 is 11.3 Å². The quantitative estimate of drug-likeness (QED) is 0.403. The number of nitrogens with two attached hydrogens (primary N) is 1. The first-order chi connectivity index (χ1) is 14.7. The number of thiazole rings is 1. The van der Waals surface area contributed by atoms with E-state index in [2.05, 4.69) is 10.3 Å². The molecule has 0 spiro atoms. The number of aromatic nitrogens is 1. The summed E-state index contributed by atoms with van der Waals surface area (Å²) in [5.41, 5.74) is 6.57. The number of rotatable bonds is 4. The Morgan fingerprint density at radius 1 is 1.06 bits per heavy atom. The van der Waals surface area contributed by atoms with Gasteiger partial charge in [-0.1, -0.05) is 53.8 Å². The minimum atomic E-state index is -4.59. The Kier molecular flexibility index (Phi) is 5.38. The average Bonchev–Trinajstić information content (AvgIpc) is 3.12. The fourth-order valence-corrected chi connectivity index (χ4v) is 3.89. The number of nitrogen functional groups attached to an aromatic ring is 1. The highest BCUT2D eigenvalue weighted by Gasteiger charge is 2.31. The third-order valence-electron chi connectivity index (χ3n) is 4.68. The monoisotopic (exact) mass is 443 g/mol. The van der Waals surface area contributed by atoms with Crippen molar-refractivity contribution in [2.24, 2.45) is 0 Å². The van der Waals surface area contributed by atoms with Crippen LogP contribution < -0.4 is 11.1 Å². The second-order valence-corrected chi connectivity index (χ2v) is 7.86. The van der Waals surface area contributed by atoms with Crippen molar-refractivity contribution in [2.45, 2.75) is 12.3 Å². The molecule has 5 nitrogen and oxygen atoms in total. The Balaban J connectivity index is 1.75. The summed E-state index contributed by atoms with van der Waals surface area (Å²) in [5.74, 6) is -0.842. The number of carbonyl (C=O) groups excluding carboxylic acids is 1. The molecule has 1 unspecified atom stereocenters. The van der Waals surface area contributed by atoms with Crippen molar-refractivity contribution in [3.63, 3.8) is 0 Å². The van der Waals surface area contributed by atoms with E-state index in [4.69, 9.17) is 5.73 Å². The number of aliphatic hydroxyl groups is 1. The smallest absolute Gasteiger partial charge is 0.378 e. The molecule has 0 aliphatic heterocycles. The minimum Gasteiger partial charge on any atom is -0.378 e. The summed E-state index contributed by atoms with van der Waals surface area (Å²) in [7, 11) is 0. The van der Waals surface area contributed by atoms with Gasteiger partial charge in [0.05, 0.1) is 15.8 Å². The topological polar surface area (TPSA) is 88.2 Å². The van der Waals surface area contributed by atoms with Gasteiger partial charge < -0.3 is 16.2 Å². The molecule has 1 heterocycles. The van der Waals surface area contributed by atoms with E-state index in [-0.39, 0.29) is 5.69 Å². The van der Waals surface area contributed by atoms with Gasteiger partial charge in [0.25, 0.3) is 5.91 Å². The van der Waals surface area contributed by atoms with E-state index in [0.29, 0.717) is 27.3 Å². The van der Waals surface area contributed by atoms with Crippen molar-refractivity contribution in [3.8, 4) is 11.1 Å². The maximum absolute atomic E-state index is 13.3. The molecule has 0 aliphatic carbocycles. The number of fused-ring (bicyclic) bond motifs is 1. The lowest BCUT2D eigenvalue weighted by Gasteiger charge is -2.17. The fraction of sp³-hybridized carbons (Fsp3) is 0.0909. The highest BCUT2D eigenvalue weighted by Crippen LogP contribution is 2.37. The second kappa shape index (κ2) is 8.01. The number of amides is 1. The van der Waals surface area contributed by atoms with Gasteiger partial charge in [0.1, 0.15) is 0 Å². The summed E-state index contributed by atoms with van der Waals surface area (Å²) in [6.07, 6.45) is -6.13. The zero-order valence-corrected chi connectivity index (χ0v) is 16.7. The van der Waals surface area contributed by atoms with Crippen molar-refractivity contribution in [1.29, 1.82) is 0 Å². The first kappa shape index (κ1) is 20.8. The van der Waals surface area contributed by atoms with E-state index in [1.54, 1.807) is 48.5 Å². The summed E-state index contributed by atoms with van der Waals surface area (Å²) in [5, 5.41) is 13.1. The van der Waals surface area contributed by atoms with Gasteiger partial charge in [-0.15, -0.1) is 0 Å². The molecule has 1 atom stereocenters. The number of hydrogen-bond donors (Lipinski definition) is 3. The number of halogens is 3. The molecule has 0 saturated heterocycles. The van der Waals surface area contributed by atoms with Crippen molar-refractivity contribution in [1.82, 2.24) is 4.98 Å². The molecule has 0 aliphatic rings. The molecule has 31 heavy (non-hydrogen) atoms. The molecule has 1 amide bonds. The van der Waals surface area contributed by atoms with Crippen LogP contribution in [-0.2, 0) is 11.0 Å². The number of nitrogens with one attached hydrogen (secondary N) is 1. The molecule has 4 N–H and O–H groups in total. The molecule has 9 heteroatoms. The normalized spacial score (nSPS) is 12.6. The molecule has 1 aromatic heterocycles. The molecule has 158 valence electrons. The fourth-order valence-electron chi connectivity index (χ4n) is 3.18. The highest BCUT2D eigenvalue weighted by atomic mass is 32.1. The Morgan fingerprint density at radius 2 is 1.81 bits per heavy atom. The molecular formula is C22H16F3N3O2S. The van der Waals surface area contributed by atoms with Crippen LogP contribution in [0.5, 0.6) is 0 Å². The maximum Gasteiger partial charge on any atom is 0.416 e. The lowest BCUT2D eigenvalue weighted by atomic mass is 10.00. The molecular weight excluding hydrogens is 427 g/mol. The van der Waals surface area contributed by atoms with Gasteiger partial charge in [0.15, 0.2) is 11.2 Å². The Labute approximate surface area is 179 Å². The van der Waals surface area contributed by atoms with Crippen molar-refractivity contribution >= 4 is 38.3 Å². The number of aliphatic hydroxyl groups excluding tert-OH is 1. The SMILES string of the molecule is Nc1nc2cc(-c3ccc(C(F)(F)F)cc3NC(=O)C(O)c3ccccc3)ccc2s1. The zero-order chi connectivity index (χ0) is 22.2. The molecule has 3 aromatic carbocycles. The van der Waals surface area contributed by atoms with Gasteiger partial charge in [0.2, 0.25) is 0 Å². The summed E-state index contributed by atoms with van der Waals surface area (Å²) in [6.45, 7) is 0. The maximum atomic E-state index is 13.3. The third-order valence-corrected chi connectivity index (χ3v) is 5.55. The van der Waals surface area contributed by atoms with E-state index in [1.807, 2.05) is 0 Å². The van der Waals surface area contributed by atoms with Crippen LogP contribution in [0, 0.1) is 0 Å². The minimum absolute atomic E-state index is 0.0719. The lowest BCUT2D eigenvalue weighted by molar-refractivity contribution is -0.137. The average molecular weight is 443 g/mol. The standard InChI is InChI=1S/C22H16F3N3O2S/c23-22(24,25)14-7-8-15(13-6-9-18-17(10-13)28-21(26)31-18)16(11-14)27-20(30)19(29)12-4-2-1-3-5-12/h1-11,19,29H,(H2,26,28)(H,27,30). The summed E-state index contributed by atoms with van der Waals surface area (Å²) in [4.78, 5) is 16.8. The lowest BCUT2D eigenvalue weighted by Crippen LogP contribution is -2.21. The first-order valence-corrected chi connectivity index (χ1v) is 9.95. The van der Waals surface area contributed by atoms with Gasteiger partial charge in [-0.25, -0.2) is 4.98 Å². The highest BCUT2D eigenvalue weighted by molar-refractivity contribution is 7.22. The second-order valence-electron chi connectivity index (χ2n) is 6.80. The van der Waals surface area contributed by atoms with Crippen LogP contribution in [-0.4, -0.2) is 16.0 Å². The number of benzene rings is 3. The van der Waals surface area contributed by atoms with Crippen molar-refractivity contribution < 1.29 is 23.1 Å². The molecule has 0 bridgehead atoms. The van der Waals surface area contributed by atoms with Crippen molar-refractivity contribution in [3.05, 3.63) is 77.9 Å². The van der Waals surface area contributed by atoms with Gasteiger partial charge >= 0.3 is 6.18 Å². The third kappa shape index (κ3) is 4.37. The zero-order valence-electron chi connectivity index (χ0n) is 15.9. The number of anilines is 2. The molecule has 4 rings (SSSR count). The Bertz CT molecular complexity index is 1260. The van der Waals surface area contributed by atoms with Crippen LogP contribution in [0.25, 0.3) is 21.3 Å². The Morgan fingerprint density at radius 3 is 2.52 bits per heavy atom. The van der Waals surface area contributed by atoms with Gasteiger partial charge in [-0.05, 0) is 35.4 Å². The van der Waals surface area contributed by atoms with E-state index >= 15 is 0 Å². The van der Waals surface area contributed by atoms with E-state index in [0.717, 1.165) is 16.8 Å². The number of hydrogen-bond acceptors (Lipinski definition) is 5. The molecule has 0 saturated carbocycles. The van der Waals surface area contributed by atoms with Gasteiger partial charge in [-0.3, -0.25) is 4.79 Å². The molecule has 0 radical (unpaired) electrons. The van der Waals surface area contributed by atoms with E-state index < -0.39 is 23.8 Å². The number of nitrogens with zero attached hydrogens (tertiary/aromatic N) is 1. The van der Waals surface area contributed by atoms with E-state index in [1.165, 1.54) is 17.4 Å². The predicted molar refractivity (Wildman–Crippen MR) is 115 cm³/mol. The summed E-state index contributed by atoms with van der Waals surface area (Å²) >= 11 is 1.29.